The second-order valence-electron chi connectivity index (χ2n) is 20.6. The summed E-state index contributed by atoms with van der Waals surface area (Å²) in [5.74, 6) is -0.839. The fourth-order valence-electron chi connectivity index (χ4n) is 9.33. The summed E-state index contributed by atoms with van der Waals surface area (Å²) in [7, 11) is 0. The fraction of sp³-hybridized carbons (Fsp3) is 0.950. The van der Waals surface area contributed by atoms with E-state index in [1.165, 1.54) is 250 Å². The number of carbonyl (C=O) groups excluding carboxylic acids is 3. The van der Waals surface area contributed by atoms with Crippen LogP contribution in [0.5, 0.6) is 0 Å². The zero-order valence-electron chi connectivity index (χ0n) is 45.0. The third kappa shape index (κ3) is 53.4. The summed E-state index contributed by atoms with van der Waals surface area (Å²) in [5.41, 5.74) is 0. The third-order valence-electron chi connectivity index (χ3n) is 13.9. The summed E-state index contributed by atoms with van der Waals surface area (Å²) >= 11 is 0. The smallest absolute Gasteiger partial charge is 0.306 e. The maximum Gasteiger partial charge on any atom is 0.306 e. The van der Waals surface area contributed by atoms with Crippen molar-refractivity contribution in [2.45, 2.75) is 354 Å². The summed E-state index contributed by atoms with van der Waals surface area (Å²) in [5, 5.41) is 0. The molecule has 0 fully saturated rings. The van der Waals surface area contributed by atoms with Crippen molar-refractivity contribution in [3.05, 3.63) is 0 Å². The second-order valence-corrected chi connectivity index (χ2v) is 20.6. The molecule has 1 atom stereocenters. The van der Waals surface area contributed by atoms with Gasteiger partial charge in [-0.2, -0.15) is 0 Å². The Morgan fingerprint density at radius 2 is 0.409 bits per heavy atom. The average Bonchev–Trinajstić information content (AvgIpc) is 3.31. The third-order valence-corrected chi connectivity index (χ3v) is 13.9. The van der Waals surface area contributed by atoms with E-state index in [2.05, 4.69) is 20.8 Å². The molecule has 6 nitrogen and oxygen atoms in total. The first kappa shape index (κ1) is 64.4. The van der Waals surface area contributed by atoms with E-state index in [4.69, 9.17) is 14.2 Å². The second kappa shape index (κ2) is 56.0. The lowest BCUT2D eigenvalue weighted by Crippen LogP contribution is -2.30. The highest BCUT2D eigenvalue weighted by Gasteiger charge is 2.19. The number of rotatable bonds is 56. The molecule has 0 saturated heterocycles. The Labute approximate surface area is 412 Å². The van der Waals surface area contributed by atoms with E-state index in [0.717, 1.165) is 57.8 Å². The Morgan fingerprint density at radius 3 is 0.606 bits per heavy atom. The van der Waals surface area contributed by atoms with Crippen LogP contribution in [-0.2, 0) is 28.6 Å². The Morgan fingerprint density at radius 1 is 0.242 bits per heavy atom. The van der Waals surface area contributed by atoms with Crippen LogP contribution in [0.1, 0.15) is 348 Å². The molecule has 0 amide bonds. The minimum absolute atomic E-state index is 0.0616. The molecule has 392 valence electrons. The molecule has 0 heterocycles. The summed E-state index contributed by atoms with van der Waals surface area (Å²) in [6.07, 6.45) is 62.7. The van der Waals surface area contributed by atoms with Gasteiger partial charge in [-0.1, -0.05) is 310 Å². The predicted molar refractivity (Wildman–Crippen MR) is 284 cm³/mol. The highest BCUT2D eigenvalue weighted by Crippen LogP contribution is 2.18. The molecule has 0 aromatic carbocycles. The SMILES string of the molecule is CCCCCCCCCCCCCCCCCCCCCCCCCCCC(=O)OCC(COC(=O)CCCCCCCCCC)OC(=O)CCCCCCCCCCCCCCCCC. The van der Waals surface area contributed by atoms with Crippen molar-refractivity contribution < 1.29 is 28.6 Å². The number of carbonyl (C=O) groups is 3. The normalized spacial score (nSPS) is 11.9. The van der Waals surface area contributed by atoms with E-state index in [-0.39, 0.29) is 31.1 Å². The molecule has 0 aromatic heterocycles. The van der Waals surface area contributed by atoms with Crippen LogP contribution in [0.4, 0.5) is 0 Å². The topological polar surface area (TPSA) is 78.9 Å². The van der Waals surface area contributed by atoms with E-state index in [1.54, 1.807) is 0 Å². The van der Waals surface area contributed by atoms with Crippen LogP contribution in [0.3, 0.4) is 0 Å². The van der Waals surface area contributed by atoms with E-state index in [9.17, 15) is 14.4 Å². The van der Waals surface area contributed by atoms with Crippen molar-refractivity contribution in [1.29, 1.82) is 0 Å². The highest BCUT2D eigenvalue weighted by atomic mass is 16.6. The minimum atomic E-state index is -0.760. The van der Waals surface area contributed by atoms with Gasteiger partial charge in [0.1, 0.15) is 13.2 Å². The molecular weight excluding hydrogens is 817 g/mol. The van der Waals surface area contributed by atoms with Crippen molar-refractivity contribution in [3.8, 4) is 0 Å². The van der Waals surface area contributed by atoms with E-state index in [1.807, 2.05) is 0 Å². The summed E-state index contributed by atoms with van der Waals surface area (Å²) in [6.45, 7) is 6.68. The number of hydrogen-bond donors (Lipinski definition) is 0. The Balaban J connectivity index is 4.07. The van der Waals surface area contributed by atoms with Gasteiger partial charge in [0.2, 0.25) is 0 Å². The van der Waals surface area contributed by atoms with Gasteiger partial charge in [0.25, 0.3) is 0 Å². The fourth-order valence-corrected chi connectivity index (χ4v) is 9.33. The van der Waals surface area contributed by atoms with E-state index >= 15 is 0 Å². The molecule has 0 N–H and O–H groups in total. The summed E-state index contributed by atoms with van der Waals surface area (Å²) < 4.78 is 16.8. The van der Waals surface area contributed by atoms with Crippen LogP contribution in [0.15, 0.2) is 0 Å². The Bertz CT molecular complexity index is 982. The average molecular weight is 934 g/mol. The van der Waals surface area contributed by atoms with Crippen LogP contribution in [0.2, 0.25) is 0 Å². The maximum absolute atomic E-state index is 12.8. The lowest BCUT2D eigenvalue weighted by molar-refractivity contribution is -0.167. The molecule has 0 radical (unpaired) electrons. The number of unbranched alkanes of at least 4 members (excludes halogenated alkanes) is 45. The van der Waals surface area contributed by atoms with Crippen molar-refractivity contribution >= 4 is 17.9 Å². The van der Waals surface area contributed by atoms with Gasteiger partial charge in [-0.05, 0) is 19.3 Å². The molecule has 0 aliphatic carbocycles. The molecule has 0 aromatic rings. The van der Waals surface area contributed by atoms with Gasteiger partial charge in [-0.3, -0.25) is 14.4 Å². The molecule has 0 aliphatic rings. The molecular formula is C60H116O6. The van der Waals surface area contributed by atoms with Crippen molar-refractivity contribution in [1.82, 2.24) is 0 Å². The number of hydrogen-bond acceptors (Lipinski definition) is 6. The van der Waals surface area contributed by atoms with Gasteiger partial charge in [0.05, 0.1) is 0 Å². The first-order chi connectivity index (χ1) is 32.5. The minimum Gasteiger partial charge on any atom is -0.462 e. The monoisotopic (exact) mass is 933 g/mol. The van der Waals surface area contributed by atoms with E-state index in [0.29, 0.717) is 19.3 Å². The van der Waals surface area contributed by atoms with Crippen LogP contribution in [0, 0.1) is 0 Å². The van der Waals surface area contributed by atoms with Crippen molar-refractivity contribution in [3.63, 3.8) is 0 Å². The van der Waals surface area contributed by atoms with Crippen LogP contribution >= 0.6 is 0 Å². The van der Waals surface area contributed by atoms with Crippen LogP contribution in [-0.4, -0.2) is 37.2 Å². The van der Waals surface area contributed by atoms with Crippen LogP contribution in [0.25, 0.3) is 0 Å². The van der Waals surface area contributed by atoms with Crippen molar-refractivity contribution in [2.75, 3.05) is 13.2 Å². The molecule has 6 heteroatoms. The largest absolute Gasteiger partial charge is 0.462 e. The van der Waals surface area contributed by atoms with Crippen LogP contribution < -0.4 is 0 Å². The molecule has 66 heavy (non-hydrogen) atoms. The van der Waals surface area contributed by atoms with Gasteiger partial charge in [-0.25, -0.2) is 0 Å². The number of ether oxygens (including phenoxy) is 3. The van der Waals surface area contributed by atoms with E-state index < -0.39 is 6.10 Å². The first-order valence-corrected chi connectivity index (χ1v) is 30.0. The maximum atomic E-state index is 12.8. The molecule has 0 bridgehead atoms. The lowest BCUT2D eigenvalue weighted by atomic mass is 10.0. The highest BCUT2D eigenvalue weighted by molar-refractivity contribution is 5.71. The van der Waals surface area contributed by atoms with Crippen molar-refractivity contribution in [2.24, 2.45) is 0 Å². The standard InChI is InChI=1S/C60H116O6/c1-4-7-10-13-16-19-21-23-25-26-27-28-29-30-31-32-33-34-36-37-39-41-44-47-50-53-59(62)65-56-57(55-64-58(61)52-49-46-43-18-15-12-9-6-3)66-60(63)54-51-48-45-42-40-38-35-24-22-20-17-14-11-8-5-2/h57H,4-56H2,1-3H3. The zero-order valence-corrected chi connectivity index (χ0v) is 45.0. The Hall–Kier alpha value is -1.59. The molecule has 0 rings (SSSR count). The van der Waals surface area contributed by atoms with Gasteiger partial charge >= 0.3 is 17.9 Å². The number of esters is 3. The van der Waals surface area contributed by atoms with Gasteiger partial charge < -0.3 is 14.2 Å². The van der Waals surface area contributed by atoms with Gasteiger partial charge in [-0.15, -0.1) is 0 Å². The Kier molecular flexibility index (Phi) is 54.7. The molecule has 0 spiro atoms. The predicted octanol–water partition coefficient (Wildman–Crippen LogP) is 19.9. The van der Waals surface area contributed by atoms with Gasteiger partial charge in [0, 0.05) is 19.3 Å². The molecule has 0 aliphatic heterocycles. The summed E-state index contributed by atoms with van der Waals surface area (Å²) in [4.78, 5) is 38.0. The first-order valence-electron chi connectivity index (χ1n) is 30.0. The lowest BCUT2D eigenvalue weighted by Gasteiger charge is -2.18. The molecule has 1 unspecified atom stereocenters. The summed E-state index contributed by atoms with van der Waals surface area (Å²) in [6, 6.07) is 0. The molecule has 0 saturated carbocycles. The quantitative estimate of drug-likeness (QED) is 0.0343. The van der Waals surface area contributed by atoms with Gasteiger partial charge in [0.15, 0.2) is 6.10 Å². The zero-order chi connectivity index (χ0) is 47.9.